The predicted octanol–water partition coefficient (Wildman–Crippen LogP) is 2.83. The van der Waals surface area contributed by atoms with E-state index in [1.807, 2.05) is 37.3 Å². The number of benzene rings is 2. The molecule has 0 aromatic heterocycles. The van der Waals surface area contributed by atoms with Gasteiger partial charge < -0.3 is 16.8 Å². The molecular formula is C22H24N6O. The van der Waals surface area contributed by atoms with Gasteiger partial charge in [-0.05, 0) is 43.7 Å². The van der Waals surface area contributed by atoms with Gasteiger partial charge in [-0.15, -0.1) is 0 Å². The van der Waals surface area contributed by atoms with E-state index in [9.17, 15) is 4.79 Å². The van der Waals surface area contributed by atoms with E-state index < -0.39 is 0 Å². The number of nitrogens with one attached hydrogen (secondary N) is 2. The average Bonchev–Trinajstić information content (AvgIpc) is 2.72. The molecule has 0 saturated heterocycles. The maximum absolute atomic E-state index is 12.9. The zero-order chi connectivity index (χ0) is 21.1. The monoisotopic (exact) mass is 388 g/mol. The minimum Gasteiger partial charge on any atom is -0.403 e. The minimum absolute atomic E-state index is 0.286. The highest BCUT2D eigenvalue weighted by molar-refractivity contribution is 6.15. The second-order valence-electron chi connectivity index (χ2n) is 6.75. The summed E-state index contributed by atoms with van der Waals surface area (Å²) in [6.45, 7) is 3.59. The fraction of sp³-hybridized carbons (Fsp3) is 0.0909. The molecule has 0 aliphatic carbocycles. The third-order valence-corrected chi connectivity index (χ3v) is 4.80. The zero-order valence-corrected chi connectivity index (χ0v) is 16.4. The van der Waals surface area contributed by atoms with Crippen LogP contribution < -0.4 is 22.6 Å². The molecule has 0 unspecified atom stereocenters. The normalized spacial score (nSPS) is 15.3. The molecule has 7 nitrogen and oxygen atoms in total. The third-order valence-electron chi connectivity index (χ3n) is 4.80. The maximum atomic E-state index is 12.9. The highest BCUT2D eigenvalue weighted by Crippen LogP contribution is 2.28. The van der Waals surface area contributed by atoms with Gasteiger partial charge in [-0.3, -0.25) is 15.2 Å². The Hall–Kier alpha value is -3.84. The van der Waals surface area contributed by atoms with Crippen LogP contribution in [0.4, 0.5) is 11.4 Å². The van der Waals surface area contributed by atoms with Gasteiger partial charge in [0, 0.05) is 34.4 Å². The molecule has 2 aromatic rings. The Bertz CT molecular complexity index is 1070. The van der Waals surface area contributed by atoms with Crippen LogP contribution in [0, 0.1) is 5.41 Å². The molecule has 0 saturated carbocycles. The van der Waals surface area contributed by atoms with Gasteiger partial charge in [0.1, 0.15) is 0 Å². The van der Waals surface area contributed by atoms with Gasteiger partial charge in [0.2, 0.25) is 0 Å². The molecule has 0 atom stereocenters. The van der Waals surface area contributed by atoms with Gasteiger partial charge in [0.05, 0.1) is 17.0 Å². The number of hydrogen-bond donors (Lipinski definition) is 5. The van der Waals surface area contributed by atoms with Crippen molar-refractivity contribution in [3.05, 3.63) is 94.5 Å². The lowest BCUT2D eigenvalue weighted by Crippen LogP contribution is -2.34. The maximum Gasteiger partial charge on any atom is 0.257 e. The van der Waals surface area contributed by atoms with E-state index in [0.29, 0.717) is 33.9 Å². The van der Waals surface area contributed by atoms with Crippen molar-refractivity contribution >= 4 is 23.0 Å². The molecule has 0 radical (unpaired) electrons. The molecule has 1 heterocycles. The molecule has 0 bridgehead atoms. The Morgan fingerprint density at radius 3 is 2.48 bits per heavy atom. The van der Waals surface area contributed by atoms with Gasteiger partial charge in [-0.2, -0.15) is 0 Å². The molecule has 8 N–H and O–H groups in total. The van der Waals surface area contributed by atoms with E-state index >= 15 is 0 Å². The molecule has 29 heavy (non-hydrogen) atoms. The van der Waals surface area contributed by atoms with Gasteiger partial charge in [-0.1, -0.05) is 30.3 Å². The minimum atomic E-state index is -0.301. The fourth-order valence-electron chi connectivity index (χ4n) is 3.24. The summed E-state index contributed by atoms with van der Waals surface area (Å²) in [5, 5.41) is 12.7. The van der Waals surface area contributed by atoms with E-state index in [2.05, 4.69) is 5.32 Å². The van der Waals surface area contributed by atoms with E-state index in [4.69, 9.17) is 22.7 Å². The topological polar surface area (TPSA) is 134 Å². The van der Waals surface area contributed by atoms with Gasteiger partial charge in [0.15, 0.2) is 0 Å². The first-order valence-electron chi connectivity index (χ1n) is 9.05. The summed E-state index contributed by atoms with van der Waals surface area (Å²) in [6, 6.07) is 14.4. The van der Waals surface area contributed by atoms with Gasteiger partial charge >= 0.3 is 0 Å². The first-order chi connectivity index (χ1) is 13.8. The lowest BCUT2D eigenvalue weighted by Gasteiger charge is -2.28. The third kappa shape index (κ3) is 3.90. The Morgan fingerprint density at radius 2 is 1.83 bits per heavy atom. The van der Waals surface area contributed by atoms with Gasteiger partial charge in [0.25, 0.3) is 5.91 Å². The second-order valence-corrected chi connectivity index (χ2v) is 6.75. The van der Waals surface area contributed by atoms with Crippen LogP contribution in [0.15, 0.2) is 83.3 Å². The smallest absolute Gasteiger partial charge is 0.257 e. The van der Waals surface area contributed by atoms with Crippen molar-refractivity contribution in [1.29, 1.82) is 5.41 Å². The summed E-state index contributed by atoms with van der Waals surface area (Å²) in [6.07, 6.45) is 3.14. The first-order valence-corrected chi connectivity index (χ1v) is 9.05. The first kappa shape index (κ1) is 19.9. The Kier molecular flexibility index (Phi) is 5.52. The molecule has 148 valence electrons. The molecular weight excluding hydrogens is 364 g/mol. The number of nitrogen functional groups attached to an aromatic ring is 1. The SMILES string of the molecule is CC1=C/C(=C/N)N(N)C(C)=C1C(=O)Nc1ccc(N)c(C(=N)c2ccccc2)c1. The Balaban J connectivity index is 1.90. The predicted molar refractivity (Wildman–Crippen MR) is 117 cm³/mol. The molecule has 1 aliphatic rings. The standard InChI is InChI=1S/C22H24N6O/c1-13-10-17(12-23)28(26)14(2)20(13)22(29)27-16-8-9-19(24)18(11-16)21(25)15-6-4-3-5-7-15/h3-12,25H,23-24,26H2,1-2H3,(H,27,29)/b17-12-,25-21?. The van der Waals surface area contributed by atoms with E-state index in [-0.39, 0.29) is 11.6 Å². The van der Waals surface area contributed by atoms with Gasteiger partial charge in [-0.25, -0.2) is 5.84 Å². The molecule has 2 aromatic carbocycles. The summed E-state index contributed by atoms with van der Waals surface area (Å²) >= 11 is 0. The van der Waals surface area contributed by atoms with Crippen molar-refractivity contribution in [1.82, 2.24) is 5.01 Å². The molecule has 7 heteroatoms. The quantitative estimate of drug-likeness (QED) is 0.312. The number of hydrazine groups is 1. The number of carbonyl (C=O) groups is 1. The number of amides is 1. The van der Waals surface area contributed by atoms with Crippen molar-refractivity contribution in [3.8, 4) is 0 Å². The highest BCUT2D eigenvalue weighted by Gasteiger charge is 2.24. The van der Waals surface area contributed by atoms with Crippen LogP contribution in [0.5, 0.6) is 0 Å². The number of anilines is 2. The van der Waals surface area contributed by atoms with Crippen LogP contribution in [0.1, 0.15) is 25.0 Å². The lowest BCUT2D eigenvalue weighted by atomic mass is 9.98. The van der Waals surface area contributed by atoms with Crippen LogP contribution in [-0.2, 0) is 4.79 Å². The summed E-state index contributed by atoms with van der Waals surface area (Å²) in [5.74, 6) is 5.72. The van der Waals surface area contributed by atoms with Crippen molar-refractivity contribution < 1.29 is 4.79 Å². The zero-order valence-electron chi connectivity index (χ0n) is 16.4. The Labute approximate surface area is 169 Å². The summed E-state index contributed by atoms with van der Waals surface area (Å²) in [4.78, 5) is 12.9. The summed E-state index contributed by atoms with van der Waals surface area (Å²) in [5.41, 5.74) is 16.7. The van der Waals surface area contributed by atoms with E-state index in [1.165, 1.54) is 11.2 Å². The van der Waals surface area contributed by atoms with Crippen molar-refractivity contribution in [2.75, 3.05) is 11.1 Å². The highest BCUT2D eigenvalue weighted by atomic mass is 16.1. The number of carbonyl (C=O) groups excluding carboxylic acids is 1. The van der Waals surface area contributed by atoms with Crippen LogP contribution in [0.25, 0.3) is 0 Å². The van der Waals surface area contributed by atoms with Crippen molar-refractivity contribution in [3.63, 3.8) is 0 Å². The van der Waals surface area contributed by atoms with Crippen LogP contribution in [0.2, 0.25) is 0 Å². The molecule has 1 amide bonds. The van der Waals surface area contributed by atoms with Crippen LogP contribution in [-0.4, -0.2) is 16.6 Å². The lowest BCUT2D eigenvalue weighted by molar-refractivity contribution is -0.112. The molecule has 1 aliphatic heterocycles. The second kappa shape index (κ2) is 8.04. The largest absolute Gasteiger partial charge is 0.403 e. The molecule has 0 fully saturated rings. The van der Waals surface area contributed by atoms with Crippen LogP contribution >= 0.6 is 0 Å². The molecule has 0 spiro atoms. The summed E-state index contributed by atoms with van der Waals surface area (Å²) in [7, 11) is 0. The summed E-state index contributed by atoms with van der Waals surface area (Å²) < 4.78 is 0. The fourth-order valence-corrected chi connectivity index (χ4v) is 3.24. The molecule has 3 rings (SSSR count). The van der Waals surface area contributed by atoms with E-state index in [1.54, 1.807) is 31.2 Å². The van der Waals surface area contributed by atoms with Crippen LogP contribution in [0.3, 0.4) is 0 Å². The van der Waals surface area contributed by atoms with Crippen molar-refractivity contribution in [2.45, 2.75) is 13.8 Å². The van der Waals surface area contributed by atoms with E-state index in [0.717, 1.165) is 11.1 Å². The number of nitrogens with zero attached hydrogens (tertiary/aromatic N) is 1. The number of hydrogen-bond acceptors (Lipinski definition) is 6. The average molecular weight is 388 g/mol. The number of allylic oxidation sites excluding steroid dienone is 2. The van der Waals surface area contributed by atoms with Crippen molar-refractivity contribution in [2.24, 2.45) is 11.6 Å². The Morgan fingerprint density at radius 1 is 1.14 bits per heavy atom. The number of nitrogens with two attached hydrogens (primary N) is 3. The number of rotatable bonds is 4.